The van der Waals surface area contributed by atoms with Crippen LogP contribution in [0.1, 0.15) is 5.56 Å². The highest BCUT2D eigenvalue weighted by molar-refractivity contribution is 7.83. The molecule has 1 aromatic rings. The van der Waals surface area contributed by atoms with Crippen LogP contribution in [0.5, 0.6) is 0 Å². The molecule has 0 aromatic heterocycles. The molecular weight excluding hydrogens is 450 g/mol. The second kappa shape index (κ2) is 7.83. The minimum atomic E-state index is -5.12. The summed E-state index contributed by atoms with van der Waals surface area (Å²) in [5.74, 6) is -5.41. The normalized spacial score (nSPS) is 19.7. The molecule has 0 radical (unpaired) electrons. The van der Waals surface area contributed by atoms with Crippen LogP contribution < -0.4 is 5.01 Å². The average molecular weight is 456 g/mol. The number of hydrazine groups is 1. The van der Waals surface area contributed by atoms with Gasteiger partial charge in [0.25, 0.3) is 0 Å². The third-order valence-corrected chi connectivity index (χ3v) is 5.12. The van der Waals surface area contributed by atoms with Crippen molar-refractivity contribution in [2.24, 2.45) is 0 Å². The van der Waals surface area contributed by atoms with Crippen LogP contribution in [-0.4, -0.2) is 27.1 Å². The van der Waals surface area contributed by atoms with Crippen molar-refractivity contribution in [3.63, 3.8) is 0 Å². The van der Waals surface area contributed by atoms with Gasteiger partial charge in [-0.2, -0.15) is 27.2 Å². The Morgan fingerprint density at radius 2 is 1.89 bits per heavy atom. The van der Waals surface area contributed by atoms with Crippen molar-refractivity contribution < 1.29 is 34.9 Å². The summed E-state index contributed by atoms with van der Waals surface area (Å²) in [7, 11) is -3.28. The van der Waals surface area contributed by atoms with Gasteiger partial charge in [-0.25, -0.2) is 13.0 Å². The standard InChI is InChI=1S/C13H6Cl2F7N3OS/c14-6-1-5(13(20,21)22)7(17)2-8(6)24-9(3-16)11(15)10(4-23)25(24)27(26)12(18)19/h1-2,10,12H,3H2. The van der Waals surface area contributed by atoms with Crippen molar-refractivity contribution in [2.45, 2.75) is 18.0 Å². The zero-order chi connectivity index (χ0) is 20.7. The number of nitriles is 1. The second-order valence-corrected chi connectivity index (χ2v) is 6.99. The van der Waals surface area contributed by atoms with Crippen molar-refractivity contribution in [1.29, 1.82) is 5.26 Å². The lowest BCUT2D eigenvalue weighted by molar-refractivity contribution is -0.139. The molecule has 0 spiro atoms. The zero-order valence-electron chi connectivity index (χ0n) is 12.6. The molecule has 0 saturated heterocycles. The first kappa shape index (κ1) is 21.7. The van der Waals surface area contributed by atoms with E-state index in [1.807, 2.05) is 0 Å². The van der Waals surface area contributed by atoms with Gasteiger partial charge in [-0.05, 0) is 6.07 Å². The smallest absolute Gasteiger partial charge is 0.259 e. The van der Waals surface area contributed by atoms with E-state index < -0.39 is 68.5 Å². The van der Waals surface area contributed by atoms with E-state index in [9.17, 15) is 34.9 Å². The highest BCUT2D eigenvalue weighted by Gasteiger charge is 2.46. The number of hydrogen-bond acceptors (Lipinski definition) is 3. The van der Waals surface area contributed by atoms with E-state index in [0.29, 0.717) is 5.01 Å². The van der Waals surface area contributed by atoms with E-state index in [2.05, 4.69) is 0 Å². The molecule has 1 aliphatic heterocycles. The van der Waals surface area contributed by atoms with Gasteiger partial charge in [0.15, 0.2) is 17.0 Å². The van der Waals surface area contributed by atoms with E-state index in [0.717, 1.165) is 0 Å². The molecule has 2 atom stereocenters. The van der Waals surface area contributed by atoms with Gasteiger partial charge >= 0.3 is 11.9 Å². The summed E-state index contributed by atoms with van der Waals surface area (Å²) in [6.45, 7) is -1.49. The third kappa shape index (κ3) is 3.87. The van der Waals surface area contributed by atoms with Crippen molar-refractivity contribution in [1.82, 2.24) is 4.41 Å². The van der Waals surface area contributed by atoms with Crippen molar-refractivity contribution in [3.8, 4) is 6.07 Å². The van der Waals surface area contributed by atoms with Crippen molar-refractivity contribution in [3.05, 3.63) is 39.3 Å². The average Bonchev–Trinajstić information content (AvgIpc) is 2.85. The molecule has 1 aliphatic rings. The minimum absolute atomic E-state index is 0.121. The molecule has 14 heteroatoms. The van der Waals surface area contributed by atoms with E-state index in [-0.39, 0.29) is 16.5 Å². The Morgan fingerprint density at radius 1 is 1.30 bits per heavy atom. The fourth-order valence-electron chi connectivity index (χ4n) is 2.25. The number of hydrogen-bond donors (Lipinski definition) is 0. The molecule has 0 aliphatic carbocycles. The molecule has 0 saturated carbocycles. The lowest BCUT2D eigenvalue weighted by Gasteiger charge is -2.32. The fourth-order valence-corrected chi connectivity index (χ4v) is 3.69. The predicted molar refractivity (Wildman–Crippen MR) is 83.1 cm³/mol. The number of benzene rings is 1. The molecule has 0 bridgehead atoms. The van der Waals surface area contributed by atoms with E-state index in [1.165, 1.54) is 6.07 Å². The van der Waals surface area contributed by atoms with Crippen LogP contribution in [0.25, 0.3) is 0 Å². The van der Waals surface area contributed by atoms with Crippen LogP contribution in [0.3, 0.4) is 0 Å². The van der Waals surface area contributed by atoms with Gasteiger partial charge in [0, 0.05) is 6.07 Å². The Hall–Kier alpha value is -1.55. The second-order valence-electron chi connectivity index (χ2n) is 4.89. The van der Waals surface area contributed by atoms with Gasteiger partial charge < -0.3 is 0 Å². The molecule has 2 rings (SSSR count). The quantitative estimate of drug-likeness (QED) is 0.616. The fraction of sp³-hybridized carbons (Fsp3) is 0.308. The first-order valence-electron chi connectivity index (χ1n) is 6.64. The summed E-state index contributed by atoms with van der Waals surface area (Å²) in [5.41, 5.74) is -3.20. The van der Waals surface area contributed by atoms with Crippen molar-refractivity contribution in [2.75, 3.05) is 11.7 Å². The third-order valence-electron chi connectivity index (χ3n) is 3.35. The highest BCUT2D eigenvalue weighted by Crippen LogP contribution is 2.43. The Labute approximate surface area is 159 Å². The monoisotopic (exact) mass is 455 g/mol. The molecule has 0 amide bonds. The van der Waals surface area contributed by atoms with Crippen LogP contribution in [0.15, 0.2) is 22.9 Å². The van der Waals surface area contributed by atoms with Crippen LogP contribution in [0.2, 0.25) is 5.02 Å². The molecular formula is C13H6Cl2F7N3OS. The summed E-state index contributed by atoms with van der Waals surface area (Å²) in [6, 6.07) is -0.0884. The first-order valence-corrected chi connectivity index (χ1v) is 8.56. The number of anilines is 1. The Morgan fingerprint density at radius 3 is 2.33 bits per heavy atom. The van der Waals surface area contributed by atoms with Crippen molar-refractivity contribution >= 4 is 39.9 Å². The lowest BCUT2D eigenvalue weighted by Crippen LogP contribution is -2.46. The highest BCUT2D eigenvalue weighted by atomic mass is 35.5. The molecule has 0 N–H and O–H groups in total. The van der Waals surface area contributed by atoms with Gasteiger partial charge in [-0.1, -0.05) is 23.2 Å². The Bertz CT molecular complexity index is 856. The number of allylic oxidation sites excluding steroid dienone is 1. The van der Waals surface area contributed by atoms with Crippen LogP contribution >= 0.6 is 23.2 Å². The predicted octanol–water partition coefficient (Wildman–Crippen LogP) is 4.73. The van der Waals surface area contributed by atoms with Gasteiger partial charge in [0.05, 0.1) is 33.1 Å². The summed E-state index contributed by atoms with van der Waals surface area (Å²) < 4.78 is 104. The van der Waals surface area contributed by atoms with Crippen LogP contribution in [0.4, 0.5) is 36.4 Å². The summed E-state index contributed by atoms with van der Waals surface area (Å²) in [5, 5.41) is 7.95. The Kier molecular flexibility index (Phi) is 6.30. The molecule has 2 unspecified atom stereocenters. The number of rotatable bonds is 4. The molecule has 148 valence electrons. The summed E-state index contributed by atoms with van der Waals surface area (Å²) in [6.07, 6.45) is -5.12. The maximum Gasteiger partial charge on any atom is 0.419 e. The summed E-state index contributed by atoms with van der Waals surface area (Å²) >= 11 is 11.5. The van der Waals surface area contributed by atoms with Gasteiger partial charge in [-0.15, -0.1) is 4.41 Å². The zero-order valence-corrected chi connectivity index (χ0v) is 14.9. The molecule has 1 aromatic carbocycles. The number of halogens is 9. The molecule has 4 nitrogen and oxygen atoms in total. The number of alkyl halides is 6. The molecule has 1 heterocycles. The first-order chi connectivity index (χ1) is 12.4. The molecule has 0 fully saturated rings. The lowest BCUT2D eigenvalue weighted by atomic mass is 10.1. The minimum Gasteiger partial charge on any atom is -0.259 e. The summed E-state index contributed by atoms with van der Waals surface area (Å²) in [4.78, 5) is 0. The molecule has 27 heavy (non-hydrogen) atoms. The Balaban J connectivity index is 2.71. The maximum atomic E-state index is 13.9. The maximum absolute atomic E-state index is 13.9. The number of nitrogens with zero attached hydrogens (tertiary/aromatic N) is 3. The SMILES string of the molecule is N#CC1C(Cl)=C(CF)N(c2cc(F)c(C(F)(F)F)cc2Cl)N1S(=O)C(F)F. The van der Waals surface area contributed by atoms with E-state index in [1.54, 1.807) is 0 Å². The largest absolute Gasteiger partial charge is 0.419 e. The van der Waals surface area contributed by atoms with Gasteiger partial charge in [0.1, 0.15) is 12.5 Å². The van der Waals surface area contributed by atoms with Gasteiger partial charge in [-0.3, -0.25) is 5.01 Å². The van der Waals surface area contributed by atoms with Crippen LogP contribution in [0, 0.1) is 17.1 Å². The van der Waals surface area contributed by atoms with Crippen LogP contribution in [-0.2, 0) is 17.2 Å². The van der Waals surface area contributed by atoms with Gasteiger partial charge in [0.2, 0.25) is 0 Å². The topological polar surface area (TPSA) is 47.3 Å². The van der Waals surface area contributed by atoms with E-state index >= 15 is 0 Å². The van der Waals surface area contributed by atoms with E-state index in [4.69, 9.17) is 28.5 Å².